The lowest BCUT2D eigenvalue weighted by Crippen LogP contribution is -1.96. The molecule has 47 heavy (non-hydrogen) atoms. The first-order chi connectivity index (χ1) is 23.2. The minimum Gasteiger partial charge on any atom is -0.356 e. The van der Waals surface area contributed by atoms with Gasteiger partial charge in [-0.1, -0.05) is 88.7 Å². The van der Waals surface area contributed by atoms with Gasteiger partial charge in [-0.15, -0.1) is 0 Å². The van der Waals surface area contributed by atoms with Crippen LogP contribution in [-0.2, 0) is 6.42 Å². The van der Waals surface area contributed by atoms with Gasteiger partial charge in [-0.25, -0.2) is 0 Å². The Hall–Kier alpha value is -5.58. The number of benzene rings is 7. The molecule has 0 unspecified atom stereocenters. The smallest absolute Gasteiger partial charge is 0.0541 e. The van der Waals surface area contributed by atoms with Gasteiger partial charge in [-0.2, -0.15) is 0 Å². The van der Waals surface area contributed by atoms with E-state index in [1.165, 1.54) is 54.7 Å². The van der Waals surface area contributed by atoms with E-state index in [1.807, 2.05) is 0 Å². The van der Waals surface area contributed by atoms with Crippen LogP contribution in [0.15, 0.2) is 168 Å². The molecular weight excluding hydrogens is 638 g/mol. The van der Waals surface area contributed by atoms with Crippen molar-refractivity contribution in [2.45, 2.75) is 6.42 Å². The van der Waals surface area contributed by atoms with E-state index in [0.717, 1.165) is 33.6 Å². The molecule has 0 amide bonds. The molecule has 0 aliphatic rings. The first-order valence-corrected chi connectivity index (χ1v) is 16.7. The van der Waals surface area contributed by atoms with Crippen molar-refractivity contribution in [1.29, 1.82) is 0 Å². The number of aromatic nitrogens is 2. The number of nitrogens with zero attached hydrogens (tertiary/aromatic N) is 2. The molecule has 2 aromatic heterocycles. The fourth-order valence-electron chi connectivity index (χ4n) is 7.00. The number of halogens is 1. The van der Waals surface area contributed by atoms with E-state index in [1.54, 1.807) is 0 Å². The van der Waals surface area contributed by atoms with Crippen LogP contribution in [0.1, 0.15) is 11.1 Å². The number of anilines is 2. The van der Waals surface area contributed by atoms with Gasteiger partial charge in [0.05, 0.1) is 22.1 Å². The van der Waals surface area contributed by atoms with E-state index in [0.29, 0.717) is 0 Å². The average Bonchev–Trinajstić information content (AvgIpc) is 3.63. The summed E-state index contributed by atoms with van der Waals surface area (Å²) in [6, 6.07) is 58.9. The molecule has 0 saturated carbocycles. The second kappa shape index (κ2) is 11.3. The van der Waals surface area contributed by atoms with Crippen LogP contribution < -0.4 is 5.32 Å². The van der Waals surface area contributed by atoms with E-state index >= 15 is 0 Å². The van der Waals surface area contributed by atoms with Gasteiger partial charge < -0.3 is 14.5 Å². The van der Waals surface area contributed by atoms with Crippen molar-refractivity contribution in [3.63, 3.8) is 0 Å². The summed E-state index contributed by atoms with van der Waals surface area (Å²) < 4.78 is 5.79. The van der Waals surface area contributed by atoms with E-state index in [9.17, 15) is 0 Å². The third kappa shape index (κ3) is 4.89. The quantitative estimate of drug-likeness (QED) is 0.187. The van der Waals surface area contributed by atoms with Gasteiger partial charge in [-0.05, 0) is 109 Å². The van der Waals surface area contributed by atoms with Crippen molar-refractivity contribution < 1.29 is 0 Å². The number of nitrogens with one attached hydrogen (secondary N) is 1. The molecule has 9 rings (SSSR count). The molecule has 0 spiro atoms. The normalized spacial score (nSPS) is 11.6. The Morgan fingerprint density at radius 2 is 0.830 bits per heavy atom. The standard InChI is InChI=1S/C43H30BrN3/c44-31-16-22-34(23-17-31)47-42-12-6-3-9-38(42)39-28-30(15-26-43(39)47)27-29-13-18-32(19-14-29)45-33-20-24-35(25-21-33)46-40-10-4-1-7-36(40)37-8-2-5-11-41(37)46/h1-26,28,45H,27H2. The van der Waals surface area contributed by atoms with Crippen molar-refractivity contribution in [3.05, 3.63) is 179 Å². The second-order valence-electron chi connectivity index (χ2n) is 12.1. The summed E-state index contributed by atoms with van der Waals surface area (Å²) in [7, 11) is 0. The molecule has 224 valence electrons. The first kappa shape index (κ1) is 27.7. The topological polar surface area (TPSA) is 21.9 Å². The Labute approximate surface area is 281 Å². The van der Waals surface area contributed by atoms with Crippen LogP contribution in [0.5, 0.6) is 0 Å². The maximum Gasteiger partial charge on any atom is 0.0541 e. The zero-order valence-corrected chi connectivity index (χ0v) is 27.2. The van der Waals surface area contributed by atoms with E-state index < -0.39 is 0 Å². The van der Waals surface area contributed by atoms with Crippen molar-refractivity contribution in [2.75, 3.05) is 5.32 Å². The molecule has 0 saturated heterocycles. The lowest BCUT2D eigenvalue weighted by atomic mass is 10.0. The van der Waals surface area contributed by atoms with Crippen molar-refractivity contribution >= 4 is 70.9 Å². The highest BCUT2D eigenvalue weighted by atomic mass is 79.9. The van der Waals surface area contributed by atoms with Gasteiger partial charge in [0.25, 0.3) is 0 Å². The summed E-state index contributed by atoms with van der Waals surface area (Å²) in [6.07, 6.45) is 0.876. The summed E-state index contributed by atoms with van der Waals surface area (Å²) in [6.45, 7) is 0. The highest BCUT2D eigenvalue weighted by Gasteiger charge is 2.14. The van der Waals surface area contributed by atoms with E-state index in [2.05, 4.69) is 194 Å². The summed E-state index contributed by atoms with van der Waals surface area (Å²) in [5, 5.41) is 8.70. The van der Waals surface area contributed by atoms with Gasteiger partial charge in [-0.3, -0.25) is 0 Å². The number of fused-ring (bicyclic) bond motifs is 6. The van der Waals surface area contributed by atoms with Crippen molar-refractivity contribution in [2.24, 2.45) is 0 Å². The van der Waals surface area contributed by atoms with E-state index in [-0.39, 0.29) is 0 Å². The molecule has 0 atom stereocenters. The van der Waals surface area contributed by atoms with Crippen LogP contribution in [0, 0.1) is 0 Å². The third-order valence-electron chi connectivity index (χ3n) is 9.18. The Morgan fingerprint density at radius 1 is 0.404 bits per heavy atom. The molecule has 0 bridgehead atoms. The van der Waals surface area contributed by atoms with Crippen LogP contribution in [0.2, 0.25) is 0 Å². The zero-order chi connectivity index (χ0) is 31.3. The molecule has 1 N–H and O–H groups in total. The lowest BCUT2D eigenvalue weighted by Gasteiger charge is -2.11. The fraction of sp³-hybridized carbons (Fsp3) is 0.0233. The fourth-order valence-corrected chi connectivity index (χ4v) is 7.27. The maximum atomic E-state index is 3.59. The number of para-hydroxylation sites is 3. The zero-order valence-electron chi connectivity index (χ0n) is 25.6. The van der Waals surface area contributed by atoms with Crippen LogP contribution >= 0.6 is 15.9 Å². The summed E-state index contributed by atoms with van der Waals surface area (Å²) >= 11 is 3.58. The third-order valence-corrected chi connectivity index (χ3v) is 9.71. The molecule has 7 aromatic carbocycles. The van der Waals surface area contributed by atoms with Crippen LogP contribution in [0.3, 0.4) is 0 Å². The van der Waals surface area contributed by atoms with Crippen molar-refractivity contribution in [1.82, 2.24) is 9.13 Å². The van der Waals surface area contributed by atoms with Crippen LogP contribution in [0.25, 0.3) is 55.0 Å². The molecule has 0 fully saturated rings. The van der Waals surface area contributed by atoms with Gasteiger partial charge >= 0.3 is 0 Å². The monoisotopic (exact) mass is 667 g/mol. The minimum atomic E-state index is 0.876. The number of rotatable bonds is 6. The Balaban J connectivity index is 0.958. The van der Waals surface area contributed by atoms with Gasteiger partial charge in [0.15, 0.2) is 0 Å². The average molecular weight is 669 g/mol. The number of hydrogen-bond donors (Lipinski definition) is 1. The SMILES string of the molecule is Brc1ccc(-n2c3ccccc3c3cc(Cc4ccc(Nc5ccc(-n6c7ccccc7c7ccccc76)cc5)cc4)ccc32)cc1. The molecule has 0 radical (unpaired) electrons. The Bertz CT molecular complexity index is 2500. The first-order valence-electron chi connectivity index (χ1n) is 15.9. The molecule has 3 nitrogen and oxygen atoms in total. The summed E-state index contributed by atoms with van der Waals surface area (Å²) in [5.41, 5.74) is 11.9. The lowest BCUT2D eigenvalue weighted by molar-refractivity contribution is 1.17. The molecule has 2 heterocycles. The minimum absolute atomic E-state index is 0.876. The van der Waals surface area contributed by atoms with Gasteiger partial charge in [0, 0.05) is 48.8 Å². The Morgan fingerprint density at radius 3 is 1.38 bits per heavy atom. The summed E-state index contributed by atoms with van der Waals surface area (Å²) in [5.74, 6) is 0. The van der Waals surface area contributed by atoms with E-state index in [4.69, 9.17) is 0 Å². The predicted octanol–water partition coefficient (Wildman–Crippen LogP) is 12.0. The van der Waals surface area contributed by atoms with Crippen LogP contribution in [-0.4, -0.2) is 9.13 Å². The molecular formula is C43H30BrN3. The molecule has 9 aromatic rings. The van der Waals surface area contributed by atoms with Crippen molar-refractivity contribution in [3.8, 4) is 11.4 Å². The summed E-state index contributed by atoms with van der Waals surface area (Å²) in [4.78, 5) is 0. The second-order valence-corrected chi connectivity index (χ2v) is 13.0. The highest BCUT2D eigenvalue weighted by molar-refractivity contribution is 9.10. The maximum absolute atomic E-state index is 3.59. The van der Waals surface area contributed by atoms with Gasteiger partial charge in [0.2, 0.25) is 0 Å². The van der Waals surface area contributed by atoms with Crippen LogP contribution in [0.4, 0.5) is 11.4 Å². The predicted molar refractivity (Wildman–Crippen MR) is 202 cm³/mol. The highest BCUT2D eigenvalue weighted by Crippen LogP contribution is 2.34. The molecule has 0 aliphatic carbocycles. The Kier molecular flexibility index (Phi) is 6.69. The molecule has 4 heteroatoms. The largest absolute Gasteiger partial charge is 0.356 e. The van der Waals surface area contributed by atoms with Gasteiger partial charge in [0.1, 0.15) is 0 Å². The number of hydrogen-bond acceptors (Lipinski definition) is 1. The molecule has 0 aliphatic heterocycles.